The van der Waals surface area contributed by atoms with E-state index in [9.17, 15) is 4.39 Å². The van der Waals surface area contributed by atoms with Gasteiger partial charge in [-0.2, -0.15) is 0 Å². The lowest BCUT2D eigenvalue weighted by atomic mass is 9.99. The molecule has 3 heterocycles. The van der Waals surface area contributed by atoms with Crippen molar-refractivity contribution in [2.24, 2.45) is 5.92 Å². The summed E-state index contributed by atoms with van der Waals surface area (Å²) in [4.78, 5) is 7.17. The van der Waals surface area contributed by atoms with Crippen LogP contribution in [-0.2, 0) is 24.2 Å². The molecule has 0 atom stereocenters. The van der Waals surface area contributed by atoms with Crippen LogP contribution in [-0.4, -0.2) is 45.4 Å². The van der Waals surface area contributed by atoms with Crippen molar-refractivity contribution in [2.75, 3.05) is 26.3 Å². The van der Waals surface area contributed by atoms with Gasteiger partial charge in [0, 0.05) is 52.0 Å². The minimum atomic E-state index is -0.187. The number of rotatable bonds is 4. The fourth-order valence-electron chi connectivity index (χ4n) is 3.78. The fourth-order valence-corrected chi connectivity index (χ4v) is 3.78. The molecule has 2 aliphatic heterocycles. The number of fused-ring (bicyclic) bond motifs is 1. The Morgan fingerprint density at radius 3 is 2.62 bits per heavy atom. The molecule has 0 spiro atoms. The van der Waals surface area contributed by atoms with Gasteiger partial charge in [0.05, 0.1) is 17.6 Å². The van der Waals surface area contributed by atoms with Crippen molar-refractivity contribution in [1.82, 2.24) is 14.5 Å². The van der Waals surface area contributed by atoms with Crippen molar-refractivity contribution in [1.29, 1.82) is 0 Å². The summed E-state index contributed by atoms with van der Waals surface area (Å²) in [6.45, 7) is 6.05. The monoisotopic (exact) mass is 381 g/mol. The summed E-state index contributed by atoms with van der Waals surface area (Å²) in [6.07, 6.45) is 5.15. The molecule has 5 nitrogen and oxygen atoms in total. The van der Waals surface area contributed by atoms with E-state index in [0.717, 1.165) is 56.6 Å². The second-order valence-electron chi connectivity index (χ2n) is 6.91. The van der Waals surface area contributed by atoms with Crippen LogP contribution < -0.4 is 0 Å². The third-order valence-electron chi connectivity index (χ3n) is 5.18. The average molecular weight is 382 g/mol. The SMILES string of the molecule is Fc1ccc(Cc2ncc3n2CCN(CC2CCOCC2)C3)cc1.OCl. The molecule has 1 aromatic carbocycles. The fraction of sp³-hybridized carbons (Fsp3) is 0.526. The Balaban J connectivity index is 0.000000948. The number of aromatic nitrogens is 2. The number of ether oxygens (including phenoxy) is 1. The summed E-state index contributed by atoms with van der Waals surface area (Å²) in [7, 11) is 0. The Hall–Kier alpha value is -1.47. The summed E-state index contributed by atoms with van der Waals surface area (Å²) in [6, 6.07) is 6.73. The molecule has 1 N–H and O–H groups in total. The number of hydrogen-bond acceptors (Lipinski definition) is 4. The van der Waals surface area contributed by atoms with Crippen molar-refractivity contribution in [3.05, 3.63) is 53.4 Å². The molecule has 142 valence electrons. The number of nitrogens with zero attached hydrogens (tertiary/aromatic N) is 3. The van der Waals surface area contributed by atoms with Crippen LogP contribution in [0, 0.1) is 11.7 Å². The van der Waals surface area contributed by atoms with E-state index in [-0.39, 0.29) is 5.82 Å². The Morgan fingerprint density at radius 1 is 1.15 bits per heavy atom. The molecule has 0 aliphatic carbocycles. The van der Waals surface area contributed by atoms with Gasteiger partial charge < -0.3 is 9.30 Å². The van der Waals surface area contributed by atoms with Crippen LogP contribution in [0.4, 0.5) is 4.39 Å². The summed E-state index contributed by atoms with van der Waals surface area (Å²) in [5.74, 6) is 1.67. The van der Waals surface area contributed by atoms with Gasteiger partial charge in [-0.15, -0.1) is 0 Å². The van der Waals surface area contributed by atoms with Crippen LogP contribution in [0.1, 0.15) is 29.9 Å². The van der Waals surface area contributed by atoms with Crippen molar-refractivity contribution in [3.63, 3.8) is 0 Å². The molecular weight excluding hydrogens is 357 g/mol. The third kappa shape index (κ3) is 4.82. The first-order chi connectivity index (χ1) is 12.8. The second-order valence-corrected chi connectivity index (χ2v) is 6.91. The van der Waals surface area contributed by atoms with E-state index in [0.29, 0.717) is 0 Å². The maximum Gasteiger partial charge on any atom is 0.123 e. The molecule has 2 aromatic rings. The predicted octanol–water partition coefficient (Wildman–Crippen LogP) is 2.99. The standard InChI is InChI=1S/C19H24FN3O.ClHO/c20-17-3-1-15(2-4-17)11-19-21-12-18-14-22(7-8-23(18)19)13-16-5-9-24-10-6-16;1-2/h1-4,12,16H,5-11,13-14H2;2H. The molecule has 1 fully saturated rings. The minimum Gasteiger partial charge on any atom is -0.381 e. The summed E-state index contributed by atoms with van der Waals surface area (Å²) >= 11 is 3.64. The highest BCUT2D eigenvalue weighted by Gasteiger charge is 2.23. The van der Waals surface area contributed by atoms with Crippen LogP contribution in [0.25, 0.3) is 0 Å². The first kappa shape index (κ1) is 19.3. The summed E-state index contributed by atoms with van der Waals surface area (Å²) in [5, 5.41) is 0. The van der Waals surface area contributed by atoms with Gasteiger partial charge in [0.25, 0.3) is 0 Å². The number of benzene rings is 1. The van der Waals surface area contributed by atoms with Gasteiger partial charge in [-0.1, -0.05) is 12.1 Å². The highest BCUT2D eigenvalue weighted by Crippen LogP contribution is 2.21. The van der Waals surface area contributed by atoms with Gasteiger partial charge in [0.2, 0.25) is 0 Å². The molecule has 0 bridgehead atoms. The number of hydrogen-bond donors (Lipinski definition) is 1. The lowest BCUT2D eigenvalue weighted by molar-refractivity contribution is 0.0485. The molecule has 0 saturated carbocycles. The zero-order chi connectivity index (χ0) is 18.4. The Morgan fingerprint density at radius 2 is 1.88 bits per heavy atom. The first-order valence-corrected chi connectivity index (χ1v) is 9.36. The van der Waals surface area contributed by atoms with Crippen LogP contribution in [0.5, 0.6) is 0 Å². The Kier molecular flexibility index (Phi) is 7.02. The van der Waals surface area contributed by atoms with Crippen molar-refractivity contribution in [3.8, 4) is 0 Å². The normalized spacial score (nSPS) is 18.1. The van der Waals surface area contributed by atoms with Crippen LogP contribution >= 0.6 is 11.9 Å². The van der Waals surface area contributed by atoms with E-state index in [2.05, 4.69) is 26.3 Å². The largest absolute Gasteiger partial charge is 0.381 e. The molecule has 0 amide bonds. The lowest BCUT2D eigenvalue weighted by Crippen LogP contribution is -2.38. The molecule has 0 unspecified atom stereocenters. The summed E-state index contributed by atoms with van der Waals surface area (Å²) < 4.78 is 27.3. The third-order valence-corrected chi connectivity index (χ3v) is 5.18. The van der Waals surface area contributed by atoms with E-state index < -0.39 is 0 Å². The van der Waals surface area contributed by atoms with Crippen LogP contribution in [0.2, 0.25) is 0 Å². The lowest BCUT2D eigenvalue weighted by Gasteiger charge is -2.33. The zero-order valence-electron chi connectivity index (χ0n) is 14.8. The van der Waals surface area contributed by atoms with Gasteiger partial charge in [-0.25, -0.2) is 9.37 Å². The molecule has 7 heteroatoms. The van der Waals surface area contributed by atoms with Crippen LogP contribution in [0.15, 0.2) is 30.5 Å². The van der Waals surface area contributed by atoms with Gasteiger partial charge in [0.1, 0.15) is 11.6 Å². The van der Waals surface area contributed by atoms with E-state index in [4.69, 9.17) is 9.40 Å². The topological polar surface area (TPSA) is 50.5 Å². The first-order valence-electron chi connectivity index (χ1n) is 9.02. The van der Waals surface area contributed by atoms with E-state index in [1.807, 2.05) is 18.3 Å². The minimum absolute atomic E-state index is 0.187. The highest BCUT2D eigenvalue weighted by molar-refractivity contribution is 6.04. The maximum atomic E-state index is 13.0. The Labute approximate surface area is 158 Å². The van der Waals surface area contributed by atoms with Crippen molar-refractivity contribution in [2.45, 2.75) is 32.4 Å². The van der Waals surface area contributed by atoms with Crippen molar-refractivity contribution < 1.29 is 13.8 Å². The van der Waals surface area contributed by atoms with Crippen LogP contribution in [0.3, 0.4) is 0 Å². The summed E-state index contributed by atoms with van der Waals surface area (Å²) in [5.41, 5.74) is 2.40. The Bertz CT molecular complexity index is 687. The van der Waals surface area contributed by atoms with Gasteiger partial charge in [-0.05, 0) is 36.5 Å². The highest BCUT2D eigenvalue weighted by atomic mass is 35.5. The molecular formula is C19H25ClFN3O2. The predicted molar refractivity (Wildman–Crippen MR) is 98.3 cm³/mol. The smallest absolute Gasteiger partial charge is 0.123 e. The van der Waals surface area contributed by atoms with Gasteiger partial charge >= 0.3 is 0 Å². The number of imidazole rings is 1. The quantitative estimate of drug-likeness (QED) is 0.884. The van der Waals surface area contributed by atoms with Gasteiger partial charge in [-0.3, -0.25) is 9.56 Å². The molecule has 1 aromatic heterocycles. The van der Waals surface area contributed by atoms with E-state index >= 15 is 0 Å². The maximum absolute atomic E-state index is 13.0. The molecule has 0 radical (unpaired) electrons. The second kappa shape index (κ2) is 9.46. The zero-order valence-corrected chi connectivity index (χ0v) is 15.5. The average Bonchev–Trinajstić information content (AvgIpc) is 3.08. The van der Waals surface area contributed by atoms with E-state index in [1.54, 1.807) is 0 Å². The molecule has 1 saturated heterocycles. The van der Waals surface area contributed by atoms with Gasteiger partial charge in [0.15, 0.2) is 0 Å². The molecule has 2 aliphatic rings. The molecule has 4 rings (SSSR count). The van der Waals surface area contributed by atoms with E-state index in [1.165, 1.54) is 37.2 Å². The van der Waals surface area contributed by atoms with Crippen molar-refractivity contribution >= 4 is 11.9 Å². The molecule has 26 heavy (non-hydrogen) atoms. The number of halogens is 2.